The van der Waals surface area contributed by atoms with E-state index < -0.39 is 0 Å². The molecule has 2 heterocycles. The normalized spacial score (nSPS) is 27.5. The van der Waals surface area contributed by atoms with Gasteiger partial charge in [-0.15, -0.1) is 0 Å². The third-order valence-corrected chi connectivity index (χ3v) is 5.59. The third-order valence-electron chi connectivity index (χ3n) is 5.59. The molecular weight excluding hydrogens is 286 g/mol. The van der Waals surface area contributed by atoms with Crippen molar-refractivity contribution in [1.82, 2.24) is 9.91 Å². The van der Waals surface area contributed by atoms with Gasteiger partial charge in [-0.3, -0.25) is 9.69 Å². The Morgan fingerprint density at radius 1 is 0.913 bits per heavy atom. The summed E-state index contributed by atoms with van der Waals surface area (Å²) in [5, 5.41) is 2.46. The molecule has 0 saturated carbocycles. The number of quaternary nitrogens is 1. The van der Waals surface area contributed by atoms with Gasteiger partial charge in [-0.1, -0.05) is 26.7 Å². The van der Waals surface area contributed by atoms with E-state index in [4.69, 9.17) is 0 Å². The summed E-state index contributed by atoms with van der Waals surface area (Å²) in [6.45, 7) is 10.0. The van der Waals surface area contributed by atoms with Gasteiger partial charge in [0.15, 0.2) is 5.78 Å². The highest BCUT2D eigenvalue weighted by Crippen LogP contribution is 2.35. The van der Waals surface area contributed by atoms with Gasteiger partial charge in [0.05, 0.1) is 5.57 Å². The molecule has 0 atom stereocenters. The zero-order valence-electron chi connectivity index (χ0n) is 15.1. The molecule has 3 rings (SSSR count). The number of allylic oxidation sites excluding steroid dienone is 1. The van der Waals surface area contributed by atoms with Crippen molar-refractivity contribution in [3.05, 3.63) is 11.3 Å². The van der Waals surface area contributed by atoms with Crippen molar-refractivity contribution in [2.24, 2.45) is 5.41 Å². The van der Waals surface area contributed by atoms with Crippen molar-refractivity contribution in [3.63, 3.8) is 0 Å². The molecule has 3 aliphatic rings. The van der Waals surface area contributed by atoms with E-state index in [9.17, 15) is 4.79 Å². The van der Waals surface area contributed by atoms with Gasteiger partial charge in [-0.25, -0.2) is 5.43 Å². The molecular formula is C19H34N3O+. The van der Waals surface area contributed by atoms with E-state index in [0.29, 0.717) is 12.2 Å². The van der Waals surface area contributed by atoms with Gasteiger partial charge in [-0.05, 0) is 44.2 Å². The number of piperidine rings is 2. The monoisotopic (exact) mass is 320 g/mol. The van der Waals surface area contributed by atoms with E-state index in [-0.39, 0.29) is 5.41 Å². The van der Waals surface area contributed by atoms with Crippen LogP contribution in [0.1, 0.15) is 65.2 Å². The van der Waals surface area contributed by atoms with Crippen LogP contribution in [0.5, 0.6) is 0 Å². The zero-order valence-corrected chi connectivity index (χ0v) is 15.1. The van der Waals surface area contributed by atoms with Gasteiger partial charge in [0.1, 0.15) is 5.70 Å². The van der Waals surface area contributed by atoms with Gasteiger partial charge >= 0.3 is 0 Å². The Morgan fingerprint density at radius 2 is 1.52 bits per heavy atom. The number of carbonyl (C=O) groups excluding carboxylic acids is 1. The van der Waals surface area contributed by atoms with E-state index in [1.54, 1.807) is 0 Å². The summed E-state index contributed by atoms with van der Waals surface area (Å²) in [4.78, 5) is 15.3. The van der Waals surface area contributed by atoms with Crippen LogP contribution >= 0.6 is 0 Å². The van der Waals surface area contributed by atoms with Crippen molar-refractivity contribution in [2.45, 2.75) is 65.2 Å². The van der Waals surface area contributed by atoms with E-state index in [1.807, 2.05) is 0 Å². The first-order valence-corrected chi connectivity index (χ1v) is 9.60. The number of carbonyl (C=O) groups is 1. The molecule has 1 aliphatic carbocycles. The molecule has 0 radical (unpaired) electrons. The fourth-order valence-corrected chi connectivity index (χ4v) is 4.33. The maximum Gasteiger partial charge on any atom is 0.166 e. The molecule has 0 aromatic rings. The van der Waals surface area contributed by atoms with Gasteiger partial charge in [0.25, 0.3) is 0 Å². The number of likely N-dealkylation sites (tertiary alicyclic amines) is 1. The predicted octanol–water partition coefficient (Wildman–Crippen LogP) is 2.08. The van der Waals surface area contributed by atoms with Crippen LogP contribution in [0, 0.1) is 5.41 Å². The summed E-state index contributed by atoms with van der Waals surface area (Å²) >= 11 is 0. The Kier molecular flexibility index (Phi) is 5.55. The van der Waals surface area contributed by atoms with Crippen LogP contribution in [-0.4, -0.2) is 48.4 Å². The fourth-order valence-electron chi connectivity index (χ4n) is 4.33. The molecule has 4 nitrogen and oxygen atoms in total. The molecule has 130 valence electrons. The first kappa shape index (κ1) is 17.1. The quantitative estimate of drug-likeness (QED) is 0.806. The van der Waals surface area contributed by atoms with E-state index in [2.05, 4.69) is 29.2 Å². The Morgan fingerprint density at radius 3 is 2.17 bits per heavy atom. The number of nitrogens with zero attached hydrogens (tertiary/aromatic N) is 2. The maximum atomic E-state index is 12.8. The second-order valence-corrected chi connectivity index (χ2v) is 8.51. The van der Waals surface area contributed by atoms with Crippen LogP contribution in [0.4, 0.5) is 0 Å². The molecule has 0 aromatic carbocycles. The van der Waals surface area contributed by atoms with Crippen molar-refractivity contribution < 1.29 is 10.2 Å². The van der Waals surface area contributed by atoms with Gasteiger partial charge in [-0.2, -0.15) is 5.01 Å². The van der Waals surface area contributed by atoms with Gasteiger partial charge in [0.2, 0.25) is 0 Å². The molecule has 2 saturated heterocycles. The summed E-state index contributed by atoms with van der Waals surface area (Å²) < 4.78 is 0. The lowest BCUT2D eigenvalue weighted by Crippen LogP contribution is -2.93. The molecule has 2 N–H and O–H groups in total. The molecule has 0 unspecified atom stereocenters. The Hall–Kier alpha value is -0.710. The third kappa shape index (κ3) is 4.65. The average Bonchev–Trinajstić information content (AvgIpc) is 2.52. The van der Waals surface area contributed by atoms with Crippen LogP contribution in [0.15, 0.2) is 11.3 Å². The number of nitrogens with two attached hydrogens (primary N) is 1. The molecule has 0 bridgehead atoms. The lowest BCUT2D eigenvalue weighted by atomic mass is 9.75. The first-order valence-electron chi connectivity index (χ1n) is 9.60. The average molecular weight is 321 g/mol. The SMILES string of the molecule is CC1(C)CC(=O)C(CN2CCCCC2)=C([NH2+]N2CCCCC2)C1. The van der Waals surface area contributed by atoms with Gasteiger partial charge in [0, 0.05) is 32.5 Å². The largest absolute Gasteiger partial charge is 0.299 e. The second kappa shape index (κ2) is 7.45. The molecule has 0 aromatic heterocycles. The summed E-state index contributed by atoms with van der Waals surface area (Å²) in [5.74, 6) is 0.398. The minimum atomic E-state index is 0.115. The standard InChI is InChI=1S/C19H33N3O/c1-19(2)13-17(20-22-11-7-4-8-12-22)16(18(23)14-19)15-21-9-5-3-6-10-21/h20H,3-15H2,1-2H3/p+1. The van der Waals surface area contributed by atoms with Crippen molar-refractivity contribution >= 4 is 5.78 Å². The lowest BCUT2D eigenvalue weighted by molar-refractivity contribution is -0.770. The lowest BCUT2D eigenvalue weighted by Gasteiger charge is -2.35. The summed E-state index contributed by atoms with van der Waals surface area (Å²) in [5.41, 5.74) is 4.91. The van der Waals surface area contributed by atoms with E-state index in [1.165, 1.54) is 44.2 Å². The Balaban J connectivity index is 1.75. The van der Waals surface area contributed by atoms with Crippen LogP contribution < -0.4 is 5.43 Å². The van der Waals surface area contributed by atoms with Crippen molar-refractivity contribution in [2.75, 3.05) is 32.7 Å². The smallest absolute Gasteiger partial charge is 0.166 e. The van der Waals surface area contributed by atoms with Gasteiger partial charge < -0.3 is 0 Å². The summed E-state index contributed by atoms with van der Waals surface area (Å²) in [6, 6.07) is 0. The minimum Gasteiger partial charge on any atom is -0.299 e. The fraction of sp³-hybridized carbons (Fsp3) is 0.842. The second-order valence-electron chi connectivity index (χ2n) is 8.51. The highest BCUT2D eigenvalue weighted by Gasteiger charge is 2.37. The molecule has 2 fully saturated rings. The number of rotatable bonds is 4. The van der Waals surface area contributed by atoms with Crippen LogP contribution in [-0.2, 0) is 4.79 Å². The van der Waals surface area contributed by atoms with Crippen molar-refractivity contribution in [3.8, 4) is 0 Å². The highest BCUT2D eigenvalue weighted by molar-refractivity contribution is 5.97. The topological polar surface area (TPSA) is 40.2 Å². The highest BCUT2D eigenvalue weighted by atomic mass is 16.1. The molecule has 0 amide bonds. The first-order chi connectivity index (χ1) is 11.0. The molecule has 4 heteroatoms. The number of hydrogen-bond acceptors (Lipinski definition) is 3. The van der Waals surface area contributed by atoms with Crippen LogP contribution in [0.3, 0.4) is 0 Å². The maximum absolute atomic E-state index is 12.8. The van der Waals surface area contributed by atoms with Crippen LogP contribution in [0.25, 0.3) is 0 Å². The molecule has 0 spiro atoms. The molecule has 2 aliphatic heterocycles. The number of hydrogen-bond donors (Lipinski definition) is 1. The van der Waals surface area contributed by atoms with E-state index >= 15 is 0 Å². The van der Waals surface area contributed by atoms with Crippen molar-refractivity contribution in [1.29, 1.82) is 0 Å². The zero-order chi connectivity index (χ0) is 16.3. The Labute approximate surface area is 141 Å². The van der Waals surface area contributed by atoms with Crippen LogP contribution in [0.2, 0.25) is 0 Å². The number of ketones is 1. The summed E-state index contributed by atoms with van der Waals surface area (Å²) in [6.07, 6.45) is 9.64. The minimum absolute atomic E-state index is 0.115. The van der Waals surface area contributed by atoms with E-state index in [0.717, 1.165) is 44.7 Å². The summed E-state index contributed by atoms with van der Waals surface area (Å²) in [7, 11) is 0. The molecule has 23 heavy (non-hydrogen) atoms. The predicted molar refractivity (Wildman–Crippen MR) is 92.7 cm³/mol. The Bertz CT molecular complexity index is 457. The number of Topliss-reactive ketones (excluding diaryl/α,β-unsaturated/α-hetero) is 1.